The third kappa shape index (κ3) is 6.68. The number of hydrogen-bond acceptors (Lipinski definition) is 9. The Balaban J connectivity index is 1.22. The summed E-state index contributed by atoms with van der Waals surface area (Å²) in [7, 11) is 0. The molecule has 12 rings (SSSR count). The van der Waals surface area contributed by atoms with E-state index in [1.54, 1.807) is 113 Å². The third-order valence-corrected chi connectivity index (χ3v) is 12.0. The van der Waals surface area contributed by atoms with Crippen LogP contribution in [0.4, 0.5) is 13.2 Å². The quantitative estimate of drug-likeness (QED) is 0.153. The summed E-state index contributed by atoms with van der Waals surface area (Å²) in [5.41, 5.74) is 4.60. The van der Waals surface area contributed by atoms with Crippen LogP contribution in [0.25, 0.3) is 112 Å². The van der Waals surface area contributed by atoms with Crippen LogP contribution in [0.2, 0.25) is 0 Å². The van der Waals surface area contributed by atoms with Gasteiger partial charge in [-0.2, -0.15) is 18.4 Å². The molecule has 0 amide bonds. The number of nitriles is 1. The zero-order valence-corrected chi connectivity index (χ0v) is 35.4. The summed E-state index contributed by atoms with van der Waals surface area (Å²) in [6, 6.07) is 41.1. The highest BCUT2D eigenvalue weighted by Crippen LogP contribution is 2.48. The van der Waals surface area contributed by atoms with Gasteiger partial charge < -0.3 is 9.13 Å². The van der Waals surface area contributed by atoms with Crippen LogP contribution in [0.3, 0.4) is 0 Å². The highest BCUT2D eigenvalue weighted by Gasteiger charge is 2.40. The van der Waals surface area contributed by atoms with E-state index < -0.39 is 11.7 Å². The molecule has 14 heteroatoms. The molecular weight excluding hydrogens is 860 g/mol. The van der Waals surface area contributed by atoms with Gasteiger partial charge in [0.25, 0.3) is 0 Å². The number of alkyl halides is 3. The Morgan fingerprint density at radius 2 is 0.779 bits per heavy atom. The van der Waals surface area contributed by atoms with Crippen molar-refractivity contribution in [2.75, 3.05) is 0 Å². The zero-order chi connectivity index (χ0) is 45.9. The van der Waals surface area contributed by atoms with E-state index >= 15 is 13.2 Å². The van der Waals surface area contributed by atoms with Crippen molar-refractivity contribution in [3.8, 4) is 74.1 Å². The summed E-state index contributed by atoms with van der Waals surface area (Å²) in [5.74, 6) is 1.85. The van der Waals surface area contributed by atoms with E-state index in [0.29, 0.717) is 100 Å². The molecule has 0 fully saturated rings. The smallest absolute Gasteiger partial charge is 0.309 e. The monoisotopic (exact) mass is 889 g/mol. The molecule has 0 N–H and O–H groups in total. The van der Waals surface area contributed by atoms with Gasteiger partial charge in [0.15, 0.2) is 23.3 Å². The second-order valence-corrected chi connectivity index (χ2v) is 15.9. The highest BCUT2D eigenvalue weighted by molar-refractivity contribution is 6.13. The molecule has 322 valence electrons. The molecule has 0 aliphatic rings. The number of benzene rings is 6. The maximum atomic E-state index is 16.9. The fourth-order valence-corrected chi connectivity index (χ4v) is 9.16. The first kappa shape index (κ1) is 40.1. The lowest BCUT2D eigenvalue weighted by Crippen LogP contribution is -2.17. The summed E-state index contributed by atoms with van der Waals surface area (Å²) in [6.45, 7) is 0. The Morgan fingerprint density at radius 3 is 1.15 bits per heavy atom. The van der Waals surface area contributed by atoms with Crippen LogP contribution < -0.4 is 0 Å². The third-order valence-electron chi connectivity index (χ3n) is 12.0. The Labute approximate surface area is 384 Å². The first-order valence-electron chi connectivity index (χ1n) is 21.3. The molecule has 0 atom stereocenters. The minimum absolute atomic E-state index is 0.112. The van der Waals surface area contributed by atoms with Gasteiger partial charge in [0, 0.05) is 98.9 Å². The molecule has 0 unspecified atom stereocenters. The van der Waals surface area contributed by atoms with Gasteiger partial charge in [-0.1, -0.05) is 18.2 Å². The highest BCUT2D eigenvalue weighted by atomic mass is 19.4. The van der Waals surface area contributed by atoms with E-state index in [1.807, 2.05) is 72.8 Å². The van der Waals surface area contributed by atoms with Crippen LogP contribution in [0.5, 0.6) is 0 Å². The van der Waals surface area contributed by atoms with Crippen molar-refractivity contribution in [2.24, 2.45) is 0 Å². The molecule has 0 bridgehead atoms. The summed E-state index contributed by atoms with van der Waals surface area (Å²) >= 11 is 0. The number of nitrogens with zero attached hydrogens (tertiary/aromatic N) is 11. The van der Waals surface area contributed by atoms with E-state index in [-0.39, 0.29) is 16.9 Å². The van der Waals surface area contributed by atoms with Gasteiger partial charge in [-0.05, 0) is 121 Å². The fourth-order valence-electron chi connectivity index (χ4n) is 9.16. The van der Waals surface area contributed by atoms with Gasteiger partial charge in [0.1, 0.15) is 5.56 Å². The summed E-state index contributed by atoms with van der Waals surface area (Å²) in [4.78, 5) is 35.8. The van der Waals surface area contributed by atoms with E-state index in [2.05, 4.69) is 45.9 Å². The van der Waals surface area contributed by atoms with Crippen molar-refractivity contribution < 1.29 is 13.2 Å². The molecule has 0 aliphatic heterocycles. The van der Waals surface area contributed by atoms with Crippen molar-refractivity contribution in [3.63, 3.8) is 0 Å². The molecule has 11 nitrogen and oxygen atoms in total. The topological polar surface area (TPSA) is 137 Å². The molecule has 68 heavy (non-hydrogen) atoms. The van der Waals surface area contributed by atoms with Crippen molar-refractivity contribution in [1.29, 1.82) is 5.26 Å². The summed E-state index contributed by atoms with van der Waals surface area (Å²) < 4.78 is 54.1. The lowest BCUT2D eigenvalue weighted by Gasteiger charge is -2.24. The van der Waals surface area contributed by atoms with E-state index in [0.717, 1.165) is 0 Å². The predicted molar refractivity (Wildman–Crippen MR) is 254 cm³/mol. The van der Waals surface area contributed by atoms with Crippen LogP contribution in [-0.4, -0.2) is 49.0 Å². The number of rotatable bonds is 7. The van der Waals surface area contributed by atoms with Gasteiger partial charge in [0.2, 0.25) is 0 Å². The summed E-state index contributed by atoms with van der Waals surface area (Å²) in [6.07, 6.45) is 8.20. The second-order valence-electron chi connectivity index (χ2n) is 15.9. The Bertz CT molecular complexity index is 3770. The van der Waals surface area contributed by atoms with Gasteiger partial charge in [0.05, 0.1) is 45.1 Å². The van der Waals surface area contributed by atoms with Crippen molar-refractivity contribution in [3.05, 3.63) is 194 Å². The fraction of sp³-hybridized carbons (Fsp3) is 0.0185. The van der Waals surface area contributed by atoms with Gasteiger partial charge in [-0.3, -0.25) is 0 Å². The SMILES string of the molecule is N#Cc1cccc(-c2ccc(-n3c4ccc(-c5ncccn5)cc4c4cc(-c5ncccn5)ccc43)c(C(F)(F)F)c2-n2c3ccc(-c4ncccn4)cc3c3cc(-c4ncccn4)ccc32)c1. The molecule has 0 radical (unpaired) electrons. The molecule has 0 aliphatic carbocycles. The van der Waals surface area contributed by atoms with Crippen LogP contribution in [0, 0.1) is 11.3 Å². The maximum Gasteiger partial charge on any atom is 0.420 e. The van der Waals surface area contributed by atoms with Gasteiger partial charge in [-0.25, -0.2) is 39.9 Å². The average Bonchev–Trinajstić information content (AvgIpc) is 3.90. The molecule has 0 saturated heterocycles. The average molecular weight is 890 g/mol. The molecule has 0 spiro atoms. The van der Waals surface area contributed by atoms with E-state index in [4.69, 9.17) is 0 Å². The van der Waals surface area contributed by atoms with Crippen LogP contribution in [-0.2, 0) is 6.18 Å². The number of hydrogen-bond donors (Lipinski definition) is 0. The molecule has 6 aromatic heterocycles. The van der Waals surface area contributed by atoms with Crippen molar-refractivity contribution >= 4 is 43.6 Å². The largest absolute Gasteiger partial charge is 0.420 e. The predicted octanol–water partition coefficient (Wildman–Crippen LogP) is 12.3. The van der Waals surface area contributed by atoms with E-state index in [1.165, 1.54) is 6.07 Å². The maximum absolute atomic E-state index is 16.9. The van der Waals surface area contributed by atoms with Crippen LogP contribution in [0.1, 0.15) is 11.1 Å². The second kappa shape index (κ2) is 15.9. The normalized spacial score (nSPS) is 11.7. The van der Waals surface area contributed by atoms with E-state index in [9.17, 15) is 5.26 Å². The lowest BCUT2D eigenvalue weighted by molar-refractivity contribution is -0.137. The Morgan fingerprint density at radius 1 is 0.397 bits per heavy atom. The van der Waals surface area contributed by atoms with Crippen molar-refractivity contribution in [2.45, 2.75) is 6.18 Å². The number of halogens is 3. The molecule has 6 aromatic carbocycles. The van der Waals surface area contributed by atoms with Gasteiger partial charge >= 0.3 is 6.18 Å². The minimum Gasteiger partial charge on any atom is -0.309 e. The standard InChI is InChI=1S/C54H30F3N11/c55-54(56,57)48-47(67-43-13-8-34(50-59-18-2-19-60-50)27-39(43)40-28-35(9-14-44(40)67)51-61-20-3-21-62-51)17-12-38(33-7-1-6-32(26-33)31-58)49(48)68-45-15-10-36(52-63-22-4-23-64-52)29-41(45)42-30-37(11-16-46(42)68)53-65-24-5-25-66-53/h1-30H. The first-order chi connectivity index (χ1) is 33.3. The number of aromatic nitrogens is 10. The van der Waals surface area contributed by atoms with Gasteiger partial charge in [-0.15, -0.1) is 0 Å². The molecule has 0 saturated carbocycles. The number of fused-ring (bicyclic) bond motifs is 6. The molecule has 12 aromatic rings. The zero-order valence-electron chi connectivity index (χ0n) is 35.4. The molecule has 6 heterocycles. The van der Waals surface area contributed by atoms with Crippen molar-refractivity contribution in [1.82, 2.24) is 49.0 Å². The van der Waals surface area contributed by atoms with Crippen LogP contribution in [0.15, 0.2) is 183 Å². The Kier molecular flexibility index (Phi) is 9.36. The minimum atomic E-state index is -4.95. The molecular formula is C54H30F3N11. The first-order valence-corrected chi connectivity index (χ1v) is 21.3. The van der Waals surface area contributed by atoms with Crippen LogP contribution >= 0.6 is 0 Å². The Hall–Kier alpha value is -9.48. The lowest BCUT2D eigenvalue weighted by atomic mass is 9.96. The summed E-state index contributed by atoms with van der Waals surface area (Å²) in [5, 5.41) is 12.7.